The van der Waals surface area contributed by atoms with Crippen LogP contribution in [0.15, 0.2) is 103 Å². The summed E-state index contributed by atoms with van der Waals surface area (Å²) in [4.78, 5) is 15.4. The molecule has 0 bridgehead atoms. The van der Waals surface area contributed by atoms with Crippen molar-refractivity contribution in [1.29, 1.82) is 5.26 Å². The van der Waals surface area contributed by atoms with E-state index in [1.54, 1.807) is 43.3 Å². The van der Waals surface area contributed by atoms with Crippen molar-refractivity contribution in [3.63, 3.8) is 0 Å². The summed E-state index contributed by atoms with van der Waals surface area (Å²) in [6.45, 7) is 0.878. The van der Waals surface area contributed by atoms with Crippen LogP contribution in [0.4, 0.5) is 5.69 Å². The van der Waals surface area contributed by atoms with Gasteiger partial charge in [-0.3, -0.25) is 4.79 Å². The first-order chi connectivity index (χ1) is 18.1. The van der Waals surface area contributed by atoms with Crippen LogP contribution in [0.2, 0.25) is 0 Å². The quantitative estimate of drug-likeness (QED) is 0.296. The molecule has 0 fully saturated rings. The van der Waals surface area contributed by atoms with E-state index in [0.29, 0.717) is 30.2 Å². The van der Waals surface area contributed by atoms with Gasteiger partial charge in [-0.15, -0.1) is 0 Å². The second-order valence-corrected chi connectivity index (χ2v) is 8.63. The molecule has 186 valence electrons. The molecule has 0 saturated heterocycles. The van der Waals surface area contributed by atoms with E-state index >= 15 is 0 Å². The normalized spacial score (nSPS) is 11.2. The molecular formula is C31H29N3O3. The monoisotopic (exact) mass is 491 g/mol. The third-order valence-corrected chi connectivity index (χ3v) is 5.97. The number of rotatable bonds is 10. The number of benzene rings is 4. The average molecular weight is 492 g/mol. The van der Waals surface area contributed by atoms with Crippen LogP contribution in [0, 0.1) is 11.3 Å². The first kappa shape index (κ1) is 25.3. The van der Waals surface area contributed by atoms with Crippen molar-refractivity contribution in [1.82, 2.24) is 4.90 Å². The first-order valence-corrected chi connectivity index (χ1v) is 12.0. The van der Waals surface area contributed by atoms with Gasteiger partial charge in [0.1, 0.15) is 12.6 Å². The number of hydrogen-bond donors (Lipinski definition) is 1. The van der Waals surface area contributed by atoms with Crippen molar-refractivity contribution in [2.45, 2.75) is 19.2 Å². The van der Waals surface area contributed by atoms with Crippen molar-refractivity contribution in [3.8, 4) is 17.6 Å². The van der Waals surface area contributed by atoms with Gasteiger partial charge < -0.3 is 19.7 Å². The van der Waals surface area contributed by atoms with Crippen LogP contribution in [-0.4, -0.2) is 25.0 Å². The minimum absolute atomic E-state index is 0.104. The number of likely N-dealkylation sites (N-methyl/N-ethyl adjacent to an activating group) is 1. The lowest BCUT2D eigenvalue weighted by molar-refractivity contribution is -0.131. The topological polar surface area (TPSA) is 74.6 Å². The molecule has 0 spiro atoms. The maximum atomic E-state index is 13.7. The molecule has 6 heteroatoms. The molecule has 4 rings (SSSR count). The number of carbonyl (C=O) groups is 1. The van der Waals surface area contributed by atoms with Gasteiger partial charge in [-0.05, 0) is 53.1 Å². The predicted molar refractivity (Wildman–Crippen MR) is 144 cm³/mol. The van der Waals surface area contributed by atoms with E-state index in [9.17, 15) is 4.79 Å². The Morgan fingerprint density at radius 3 is 2.16 bits per heavy atom. The molecule has 37 heavy (non-hydrogen) atoms. The van der Waals surface area contributed by atoms with Gasteiger partial charge in [0.15, 0.2) is 11.5 Å². The Hall–Kier alpha value is -4.76. The summed E-state index contributed by atoms with van der Waals surface area (Å²) in [5, 5.41) is 12.5. The van der Waals surface area contributed by atoms with Crippen molar-refractivity contribution in [2.24, 2.45) is 0 Å². The number of nitrogens with zero attached hydrogens (tertiary/aromatic N) is 2. The summed E-state index contributed by atoms with van der Waals surface area (Å²) in [5.41, 5.74) is 4.10. The zero-order chi connectivity index (χ0) is 26.0. The Morgan fingerprint density at radius 2 is 1.54 bits per heavy atom. The standard InChI is InChI=1S/C31H29N3O3/c1-34(21-24-9-5-3-6-10-24)31(35)30(33-27-16-13-23(20-32)14-17-27)26-15-18-28(29(19-26)36-2)37-22-25-11-7-4-8-12-25/h3-19,30,33H,21-22H2,1-2H3/t30-/m0/s1. The van der Waals surface area contributed by atoms with Crippen LogP contribution < -0.4 is 14.8 Å². The maximum Gasteiger partial charge on any atom is 0.249 e. The molecule has 4 aromatic rings. The second-order valence-electron chi connectivity index (χ2n) is 8.63. The molecular weight excluding hydrogens is 462 g/mol. The number of hydrogen-bond acceptors (Lipinski definition) is 5. The van der Waals surface area contributed by atoms with Crippen LogP contribution in [0.3, 0.4) is 0 Å². The van der Waals surface area contributed by atoms with Crippen molar-refractivity contribution >= 4 is 11.6 Å². The Morgan fingerprint density at radius 1 is 0.892 bits per heavy atom. The van der Waals surface area contributed by atoms with Gasteiger partial charge in [0.25, 0.3) is 0 Å². The fourth-order valence-electron chi connectivity index (χ4n) is 3.97. The van der Waals surface area contributed by atoms with E-state index in [-0.39, 0.29) is 5.91 Å². The molecule has 4 aromatic carbocycles. The van der Waals surface area contributed by atoms with E-state index in [0.717, 1.165) is 22.4 Å². The summed E-state index contributed by atoms with van der Waals surface area (Å²) < 4.78 is 11.6. The molecule has 0 aliphatic carbocycles. The molecule has 0 radical (unpaired) electrons. The second kappa shape index (κ2) is 12.3. The smallest absolute Gasteiger partial charge is 0.249 e. The zero-order valence-electron chi connectivity index (χ0n) is 20.9. The highest BCUT2D eigenvalue weighted by atomic mass is 16.5. The summed E-state index contributed by atoms with van der Waals surface area (Å²) in [6.07, 6.45) is 0. The van der Waals surface area contributed by atoms with Gasteiger partial charge in [-0.25, -0.2) is 0 Å². The number of nitriles is 1. The predicted octanol–water partition coefficient (Wildman–Crippen LogP) is 5.96. The molecule has 0 saturated carbocycles. The number of amides is 1. The summed E-state index contributed by atoms with van der Waals surface area (Å²) in [6, 6.07) is 33.8. The summed E-state index contributed by atoms with van der Waals surface area (Å²) >= 11 is 0. The molecule has 0 unspecified atom stereocenters. The minimum atomic E-state index is -0.682. The largest absolute Gasteiger partial charge is 0.493 e. The minimum Gasteiger partial charge on any atom is -0.493 e. The fourth-order valence-corrected chi connectivity index (χ4v) is 3.97. The number of nitrogens with one attached hydrogen (secondary N) is 1. The fraction of sp³-hybridized carbons (Fsp3) is 0.161. The molecule has 0 aromatic heterocycles. The highest BCUT2D eigenvalue weighted by molar-refractivity contribution is 5.86. The Balaban J connectivity index is 1.60. The number of ether oxygens (including phenoxy) is 2. The van der Waals surface area contributed by atoms with Gasteiger partial charge in [-0.2, -0.15) is 5.26 Å². The van der Waals surface area contributed by atoms with Crippen LogP contribution >= 0.6 is 0 Å². The number of methoxy groups -OCH3 is 1. The Bertz CT molecular complexity index is 1350. The van der Waals surface area contributed by atoms with Crippen molar-refractivity contribution in [2.75, 3.05) is 19.5 Å². The third-order valence-electron chi connectivity index (χ3n) is 5.97. The van der Waals surface area contributed by atoms with E-state index in [2.05, 4.69) is 11.4 Å². The molecule has 1 atom stereocenters. The number of anilines is 1. The highest BCUT2D eigenvalue weighted by Crippen LogP contribution is 2.33. The lowest BCUT2D eigenvalue weighted by Gasteiger charge is -2.26. The molecule has 1 amide bonds. The van der Waals surface area contributed by atoms with Crippen molar-refractivity contribution < 1.29 is 14.3 Å². The third kappa shape index (κ3) is 6.68. The zero-order valence-corrected chi connectivity index (χ0v) is 20.9. The Labute approximate surface area is 217 Å². The molecule has 6 nitrogen and oxygen atoms in total. The van der Waals surface area contributed by atoms with Gasteiger partial charge in [0.05, 0.1) is 18.7 Å². The van der Waals surface area contributed by atoms with E-state index in [1.165, 1.54) is 0 Å². The SMILES string of the molecule is COc1cc([C@H](Nc2ccc(C#N)cc2)C(=O)N(C)Cc2ccccc2)ccc1OCc1ccccc1. The van der Waals surface area contributed by atoms with Crippen LogP contribution in [0.5, 0.6) is 11.5 Å². The molecule has 0 heterocycles. The van der Waals surface area contributed by atoms with Crippen LogP contribution in [-0.2, 0) is 17.9 Å². The van der Waals surface area contributed by atoms with E-state index in [1.807, 2.05) is 78.9 Å². The lowest BCUT2D eigenvalue weighted by Crippen LogP contribution is -2.35. The Kier molecular flexibility index (Phi) is 8.41. The van der Waals surface area contributed by atoms with Gasteiger partial charge in [-0.1, -0.05) is 66.7 Å². The molecule has 0 aliphatic heterocycles. The van der Waals surface area contributed by atoms with E-state index < -0.39 is 6.04 Å². The van der Waals surface area contributed by atoms with Crippen molar-refractivity contribution in [3.05, 3.63) is 125 Å². The van der Waals surface area contributed by atoms with Gasteiger partial charge in [0, 0.05) is 19.3 Å². The summed E-state index contributed by atoms with van der Waals surface area (Å²) in [5.74, 6) is 1.03. The summed E-state index contributed by atoms with van der Waals surface area (Å²) in [7, 11) is 3.37. The first-order valence-electron chi connectivity index (χ1n) is 12.0. The van der Waals surface area contributed by atoms with Crippen LogP contribution in [0.25, 0.3) is 0 Å². The van der Waals surface area contributed by atoms with Gasteiger partial charge >= 0.3 is 0 Å². The number of carbonyl (C=O) groups excluding carboxylic acids is 1. The molecule has 0 aliphatic rings. The lowest BCUT2D eigenvalue weighted by atomic mass is 10.0. The van der Waals surface area contributed by atoms with Gasteiger partial charge in [0.2, 0.25) is 5.91 Å². The molecule has 1 N–H and O–H groups in total. The van der Waals surface area contributed by atoms with E-state index in [4.69, 9.17) is 14.7 Å². The van der Waals surface area contributed by atoms with Crippen LogP contribution in [0.1, 0.15) is 28.3 Å². The highest BCUT2D eigenvalue weighted by Gasteiger charge is 2.25. The average Bonchev–Trinajstić information content (AvgIpc) is 2.95. The maximum absolute atomic E-state index is 13.7.